The highest BCUT2D eigenvalue weighted by Crippen LogP contribution is 2.52. The van der Waals surface area contributed by atoms with E-state index in [1.165, 1.54) is 6.26 Å². The second-order valence-electron chi connectivity index (χ2n) is 6.22. The highest BCUT2D eigenvalue weighted by Gasteiger charge is 2.53. The van der Waals surface area contributed by atoms with E-state index in [0.29, 0.717) is 18.5 Å². The van der Waals surface area contributed by atoms with Crippen LogP contribution in [-0.4, -0.2) is 20.6 Å². The lowest BCUT2D eigenvalue weighted by atomic mass is 10.1. The van der Waals surface area contributed by atoms with E-state index in [0.717, 1.165) is 11.1 Å². The van der Waals surface area contributed by atoms with Gasteiger partial charge in [-0.1, -0.05) is 42.5 Å². The molecule has 6 heteroatoms. The Balaban J connectivity index is 1.72. The summed E-state index contributed by atoms with van der Waals surface area (Å²) in [5.74, 6) is -0.307. The van der Waals surface area contributed by atoms with Gasteiger partial charge in [0, 0.05) is 11.9 Å². The fraction of sp³-hybridized carbons (Fsp3) is 0.278. The minimum atomic E-state index is -3.14. The third-order valence-electron chi connectivity index (χ3n) is 4.53. The average Bonchev–Trinajstić information content (AvgIpc) is 3.37. The molecular formula is C18H20N2O3S. The standard InChI is InChI=1S/C18H20N2O3S/c1-24(22,23)18(11-12-18)14-7-9-15(10-8-14)20-17(21)16(19)13-5-3-2-4-6-13/h2-10,16H,11-12,19H2,1H3,(H,20,21). The summed E-state index contributed by atoms with van der Waals surface area (Å²) in [5, 5.41) is 2.76. The second-order valence-corrected chi connectivity index (χ2v) is 8.55. The van der Waals surface area contributed by atoms with Gasteiger partial charge in [-0.05, 0) is 36.1 Å². The van der Waals surface area contributed by atoms with Gasteiger partial charge in [0.15, 0.2) is 9.84 Å². The minimum absolute atomic E-state index is 0.307. The number of carbonyl (C=O) groups is 1. The molecule has 1 unspecified atom stereocenters. The van der Waals surface area contributed by atoms with Crippen molar-refractivity contribution in [2.24, 2.45) is 5.73 Å². The maximum Gasteiger partial charge on any atom is 0.245 e. The van der Waals surface area contributed by atoms with E-state index in [9.17, 15) is 13.2 Å². The summed E-state index contributed by atoms with van der Waals surface area (Å²) in [5.41, 5.74) is 8.07. The number of benzene rings is 2. The van der Waals surface area contributed by atoms with Gasteiger partial charge in [0.1, 0.15) is 6.04 Å². The zero-order valence-corrected chi connectivity index (χ0v) is 14.2. The molecule has 1 aliphatic rings. The SMILES string of the molecule is CS(=O)(=O)C1(c2ccc(NC(=O)C(N)c3ccccc3)cc2)CC1. The van der Waals surface area contributed by atoms with E-state index in [1.807, 2.05) is 18.2 Å². The molecular weight excluding hydrogens is 324 g/mol. The topological polar surface area (TPSA) is 89.3 Å². The van der Waals surface area contributed by atoms with Crippen molar-refractivity contribution in [2.75, 3.05) is 11.6 Å². The van der Waals surface area contributed by atoms with Gasteiger partial charge in [-0.3, -0.25) is 4.79 Å². The van der Waals surface area contributed by atoms with Crippen LogP contribution in [0.4, 0.5) is 5.69 Å². The van der Waals surface area contributed by atoms with Gasteiger partial charge in [0.2, 0.25) is 5.91 Å². The summed E-state index contributed by atoms with van der Waals surface area (Å²) in [6.07, 6.45) is 2.57. The molecule has 0 radical (unpaired) electrons. The van der Waals surface area contributed by atoms with Crippen LogP contribution in [0.1, 0.15) is 30.0 Å². The largest absolute Gasteiger partial charge is 0.324 e. The van der Waals surface area contributed by atoms with E-state index in [1.54, 1.807) is 36.4 Å². The first kappa shape index (κ1) is 16.7. The van der Waals surface area contributed by atoms with Crippen molar-refractivity contribution in [1.29, 1.82) is 0 Å². The number of sulfone groups is 1. The zero-order chi connectivity index (χ0) is 17.4. The lowest BCUT2D eigenvalue weighted by molar-refractivity contribution is -0.117. The molecule has 126 valence electrons. The van der Waals surface area contributed by atoms with Crippen LogP contribution >= 0.6 is 0 Å². The molecule has 24 heavy (non-hydrogen) atoms. The van der Waals surface area contributed by atoms with E-state index < -0.39 is 20.6 Å². The fourth-order valence-electron chi connectivity index (χ4n) is 2.88. The Morgan fingerprint density at radius 2 is 1.67 bits per heavy atom. The van der Waals surface area contributed by atoms with Gasteiger partial charge in [-0.2, -0.15) is 0 Å². The zero-order valence-electron chi connectivity index (χ0n) is 13.4. The molecule has 2 aromatic rings. The van der Waals surface area contributed by atoms with Crippen LogP contribution < -0.4 is 11.1 Å². The number of nitrogens with one attached hydrogen (secondary N) is 1. The highest BCUT2D eigenvalue weighted by molar-refractivity contribution is 7.92. The molecule has 2 aromatic carbocycles. The molecule has 0 aliphatic heterocycles. The smallest absolute Gasteiger partial charge is 0.245 e. The average molecular weight is 344 g/mol. The van der Waals surface area contributed by atoms with Gasteiger partial charge >= 0.3 is 0 Å². The number of hydrogen-bond acceptors (Lipinski definition) is 4. The maximum absolute atomic E-state index is 12.2. The first-order valence-electron chi connectivity index (χ1n) is 7.75. The summed E-state index contributed by atoms with van der Waals surface area (Å²) < 4.78 is 23.1. The van der Waals surface area contributed by atoms with Crippen molar-refractivity contribution >= 4 is 21.4 Å². The van der Waals surface area contributed by atoms with Gasteiger partial charge in [-0.25, -0.2) is 8.42 Å². The molecule has 0 spiro atoms. The maximum atomic E-state index is 12.2. The number of nitrogens with two attached hydrogens (primary N) is 1. The molecule has 1 atom stereocenters. The predicted octanol–water partition coefficient (Wildman–Crippen LogP) is 2.36. The lowest BCUT2D eigenvalue weighted by Gasteiger charge is -2.15. The molecule has 3 N–H and O–H groups in total. The number of anilines is 1. The lowest BCUT2D eigenvalue weighted by Crippen LogP contribution is -2.27. The summed E-state index contributed by atoms with van der Waals surface area (Å²) in [4.78, 5) is 12.2. The van der Waals surface area contributed by atoms with Crippen molar-refractivity contribution in [2.45, 2.75) is 23.6 Å². The van der Waals surface area contributed by atoms with Crippen molar-refractivity contribution < 1.29 is 13.2 Å². The Morgan fingerprint density at radius 1 is 1.08 bits per heavy atom. The molecule has 1 saturated carbocycles. The normalized spacial score (nSPS) is 17.1. The molecule has 3 rings (SSSR count). The predicted molar refractivity (Wildman–Crippen MR) is 94.2 cm³/mol. The van der Waals surface area contributed by atoms with Gasteiger partial charge in [0.05, 0.1) is 4.75 Å². The molecule has 5 nitrogen and oxygen atoms in total. The van der Waals surface area contributed by atoms with Crippen LogP contribution in [-0.2, 0) is 19.4 Å². The van der Waals surface area contributed by atoms with Crippen LogP contribution in [0, 0.1) is 0 Å². The van der Waals surface area contributed by atoms with E-state index in [-0.39, 0.29) is 5.91 Å². The molecule has 1 fully saturated rings. The molecule has 0 aromatic heterocycles. The molecule has 0 saturated heterocycles. The Bertz CT molecular complexity index is 842. The number of rotatable bonds is 5. The van der Waals surface area contributed by atoms with Crippen LogP contribution in [0.3, 0.4) is 0 Å². The molecule has 0 heterocycles. The fourth-order valence-corrected chi connectivity index (χ4v) is 4.28. The van der Waals surface area contributed by atoms with Crippen molar-refractivity contribution in [3.63, 3.8) is 0 Å². The van der Waals surface area contributed by atoms with Crippen molar-refractivity contribution in [3.05, 3.63) is 65.7 Å². The van der Waals surface area contributed by atoms with Crippen molar-refractivity contribution in [3.8, 4) is 0 Å². The first-order valence-corrected chi connectivity index (χ1v) is 9.64. The van der Waals surface area contributed by atoms with Gasteiger partial charge < -0.3 is 11.1 Å². The number of amides is 1. The Labute approximate surface area is 141 Å². The number of hydrogen-bond donors (Lipinski definition) is 2. The molecule has 1 aliphatic carbocycles. The van der Waals surface area contributed by atoms with Crippen LogP contribution in [0.25, 0.3) is 0 Å². The van der Waals surface area contributed by atoms with E-state index in [2.05, 4.69) is 5.32 Å². The van der Waals surface area contributed by atoms with Gasteiger partial charge in [0.25, 0.3) is 0 Å². The summed E-state index contributed by atoms with van der Waals surface area (Å²) in [7, 11) is -3.14. The Hall–Kier alpha value is -2.18. The van der Waals surface area contributed by atoms with E-state index >= 15 is 0 Å². The Morgan fingerprint density at radius 3 is 2.17 bits per heavy atom. The third-order valence-corrected chi connectivity index (χ3v) is 6.60. The third kappa shape index (κ3) is 3.07. The van der Waals surface area contributed by atoms with Crippen LogP contribution in [0.15, 0.2) is 54.6 Å². The quantitative estimate of drug-likeness (QED) is 0.871. The monoisotopic (exact) mass is 344 g/mol. The second kappa shape index (κ2) is 6.03. The van der Waals surface area contributed by atoms with Crippen molar-refractivity contribution in [1.82, 2.24) is 0 Å². The number of carbonyl (C=O) groups excluding carboxylic acids is 1. The van der Waals surface area contributed by atoms with Gasteiger partial charge in [-0.15, -0.1) is 0 Å². The summed E-state index contributed by atoms with van der Waals surface area (Å²) in [6.45, 7) is 0. The Kier molecular flexibility index (Phi) is 4.19. The first-order chi connectivity index (χ1) is 11.3. The molecule has 0 bridgehead atoms. The summed E-state index contributed by atoms with van der Waals surface area (Å²) >= 11 is 0. The minimum Gasteiger partial charge on any atom is -0.324 e. The highest BCUT2D eigenvalue weighted by atomic mass is 32.2. The van der Waals surface area contributed by atoms with E-state index in [4.69, 9.17) is 5.73 Å². The molecule has 1 amide bonds. The van der Waals surface area contributed by atoms with Crippen LogP contribution in [0.2, 0.25) is 0 Å². The van der Waals surface area contributed by atoms with Crippen LogP contribution in [0.5, 0.6) is 0 Å². The summed E-state index contributed by atoms with van der Waals surface area (Å²) in [6, 6.07) is 15.3.